The maximum atomic E-state index is 13.1. The Labute approximate surface area is 193 Å². The van der Waals surface area contributed by atoms with E-state index in [1.54, 1.807) is 37.3 Å². The van der Waals surface area contributed by atoms with Gasteiger partial charge in [-0.15, -0.1) is 0 Å². The SMILES string of the molecule is Cc1cc(CNC(=O)c2cc(C(=O)NCc3ccc(F)cc3)nc3ccnn23)ccc1C(=O)O. The van der Waals surface area contributed by atoms with E-state index in [0.717, 1.165) is 5.56 Å². The van der Waals surface area contributed by atoms with Gasteiger partial charge in [0, 0.05) is 25.2 Å². The summed E-state index contributed by atoms with van der Waals surface area (Å²) in [7, 11) is 0. The molecule has 2 heterocycles. The molecule has 34 heavy (non-hydrogen) atoms. The van der Waals surface area contributed by atoms with E-state index in [0.29, 0.717) is 16.8 Å². The number of benzene rings is 2. The molecule has 0 aliphatic heterocycles. The lowest BCUT2D eigenvalue weighted by atomic mass is 10.1. The standard InChI is InChI=1S/C24H20FN5O4/c1-14-10-16(4-7-18(14)24(33)34)13-27-23(32)20-11-19(29-21-8-9-28-30(20)21)22(31)26-12-15-2-5-17(25)6-3-15/h2-11H,12-13H2,1H3,(H,26,31)(H,27,32)(H,33,34). The average Bonchev–Trinajstić information content (AvgIpc) is 3.30. The van der Waals surface area contributed by atoms with Gasteiger partial charge in [0.05, 0.1) is 11.8 Å². The number of carbonyl (C=O) groups excluding carboxylic acids is 2. The Morgan fingerprint density at radius 1 is 0.941 bits per heavy atom. The third-order valence-electron chi connectivity index (χ3n) is 5.17. The van der Waals surface area contributed by atoms with Crippen LogP contribution in [0.4, 0.5) is 4.39 Å². The summed E-state index contributed by atoms with van der Waals surface area (Å²) in [5, 5.41) is 18.7. The Balaban J connectivity index is 1.50. The van der Waals surface area contributed by atoms with Crippen LogP contribution in [-0.4, -0.2) is 37.5 Å². The van der Waals surface area contributed by atoms with Gasteiger partial charge in [-0.2, -0.15) is 5.10 Å². The molecular weight excluding hydrogens is 441 g/mol. The maximum Gasteiger partial charge on any atom is 0.335 e. The average molecular weight is 461 g/mol. The molecule has 0 radical (unpaired) electrons. The van der Waals surface area contributed by atoms with Gasteiger partial charge in [0.2, 0.25) is 0 Å². The van der Waals surface area contributed by atoms with Crippen LogP contribution in [0.25, 0.3) is 5.65 Å². The molecule has 2 amide bonds. The minimum absolute atomic E-state index is 0.0296. The highest BCUT2D eigenvalue weighted by Gasteiger charge is 2.18. The number of nitrogens with zero attached hydrogens (tertiary/aromatic N) is 3. The molecule has 0 aliphatic rings. The van der Waals surface area contributed by atoms with Gasteiger partial charge in [0.25, 0.3) is 11.8 Å². The maximum absolute atomic E-state index is 13.1. The van der Waals surface area contributed by atoms with E-state index < -0.39 is 17.8 Å². The molecule has 2 aromatic heterocycles. The van der Waals surface area contributed by atoms with Crippen LogP contribution in [0.3, 0.4) is 0 Å². The molecule has 0 saturated carbocycles. The zero-order chi connectivity index (χ0) is 24.2. The Bertz CT molecular complexity index is 1400. The lowest BCUT2D eigenvalue weighted by Crippen LogP contribution is -2.28. The molecule has 2 aromatic carbocycles. The predicted octanol–water partition coefficient (Wildman–Crippen LogP) is 2.74. The number of carboxylic acids is 1. The quantitative estimate of drug-likeness (QED) is 0.389. The third-order valence-corrected chi connectivity index (χ3v) is 5.17. The van der Waals surface area contributed by atoms with Gasteiger partial charge in [-0.1, -0.05) is 24.3 Å². The van der Waals surface area contributed by atoms with Crippen molar-refractivity contribution in [3.63, 3.8) is 0 Å². The number of nitrogens with one attached hydrogen (secondary N) is 2. The van der Waals surface area contributed by atoms with Crippen molar-refractivity contribution in [2.45, 2.75) is 20.0 Å². The molecule has 10 heteroatoms. The molecule has 172 valence electrons. The van der Waals surface area contributed by atoms with Crippen molar-refractivity contribution in [2.24, 2.45) is 0 Å². The Kier molecular flexibility index (Phi) is 6.30. The van der Waals surface area contributed by atoms with Crippen molar-refractivity contribution in [1.82, 2.24) is 25.2 Å². The number of rotatable bonds is 7. The first-order chi connectivity index (χ1) is 16.3. The summed E-state index contributed by atoms with van der Waals surface area (Å²) in [6.07, 6.45) is 1.47. The summed E-state index contributed by atoms with van der Waals surface area (Å²) in [6, 6.07) is 13.4. The highest BCUT2D eigenvalue weighted by Crippen LogP contribution is 2.13. The van der Waals surface area contributed by atoms with Gasteiger partial charge in [0.1, 0.15) is 17.2 Å². The summed E-state index contributed by atoms with van der Waals surface area (Å²) in [4.78, 5) is 41.0. The van der Waals surface area contributed by atoms with Crippen molar-refractivity contribution in [3.05, 3.63) is 100 Å². The molecule has 4 rings (SSSR count). The van der Waals surface area contributed by atoms with Crippen molar-refractivity contribution < 1.29 is 23.9 Å². The number of amides is 2. The van der Waals surface area contributed by atoms with E-state index in [1.165, 1.54) is 35.0 Å². The second-order valence-electron chi connectivity index (χ2n) is 7.57. The van der Waals surface area contributed by atoms with Gasteiger partial charge in [-0.25, -0.2) is 18.7 Å². The Morgan fingerprint density at radius 3 is 2.32 bits per heavy atom. The van der Waals surface area contributed by atoms with Crippen LogP contribution in [-0.2, 0) is 13.1 Å². The van der Waals surface area contributed by atoms with Crippen LogP contribution in [0.1, 0.15) is 48.0 Å². The van der Waals surface area contributed by atoms with Crippen LogP contribution in [0.5, 0.6) is 0 Å². The Hall–Kier alpha value is -4.60. The van der Waals surface area contributed by atoms with E-state index in [4.69, 9.17) is 5.11 Å². The zero-order valence-electron chi connectivity index (χ0n) is 18.1. The van der Waals surface area contributed by atoms with Gasteiger partial charge in [-0.3, -0.25) is 9.59 Å². The second kappa shape index (κ2) is 9.49. The molecular formula is C24H20FN5O4. The molecule has 0 bridgehead atoms. The molecule has 0 aliphatic carbocycles. The summed E-state index contributed by atoms with van der Waals surface area (Å²) in [5.74, 6) is -2.37. The van der Waals surface area contributed by atoms with Crippen LogP contribution in [0.2, 0.25) is 0 Å². The van der Waals surface area contributed by atoms with E-state index in [-0.39, 0.29) is 35.9 Å². The van der Waals surface area contributed by atoms with E-state index >= 15 is 0 Å². The summed E-state index contributed by atoms with van der Waals surface area (Å²) in [6.45, 7) is 2.00. The molecule has 0 spiro atoms. The molecule has 3 N–H and O–H groups in total. The fourth-order valence-electron chi connectivity index (χ4n) is 3.41. The lowest BCUT2D eigenvalue weighted by Gasteiger charge is -2.10. The van der Waals surface area contributed by atoms with Crippen LogP contribution in [0.15, 0.2) is 60.8 Å². The second-order valence-corrected chi connectivity index (χ2v) is 7.57. The number of aryl methyl sites for hydroxylation is 1. The third kappa shape index (κ3) is 4.90. The first kappa shape index (κ1) is 22.6. The van der Waals surface area contributed by atoms with Crippen molar-refractivity contribution in [3.8, 4) is 0 Å². The van der Waals surface area contributed by atoms with Gasteiger partial charge in [-0.05, 0) is 41.8 Å². The smallest absolute Gasteiger partial charge is 0.335 e. The molecule has 0 fully saturated rings. The lowest BCUT2D eigenvalue weighted by molar-refractivity contribution is 0.0695. The molecule has 0 unspecified atom stereocenters. The van der Waals surface area contributed by atoms with Crippen LogP contribution < -0.4 is 10.6 Å². The summed E-state index contributed by atoms with van der Waals surface area (Å²) in [5.41, 5.74) is 2.67. The number of hydrogen-bond acceptors (Lipinski definition) is 5. The van der Waals surface area contributed by atoms with E-state index in [2.05, 4.69) is 20.7 Å². The summed E-state index contributed by atoms with van der Waals surface area (Å²) >= 11 is 0. The molecule has 4 aromatic rings. The molecule has 0 atom stereocenters. The van der Waals surface area contributed by atoms with E-state index in [9.17, 15) is 18.8 Å². The highest BCUT2D eigenvalue weighted by atomic mass is 19.1. The number of fused-ring (bicyclic) bond motifs is 1. The minimum Gasteiger partial charge on any atom is -0.478 e. The highest BCUT2D eigenvalue weighted by molar-refractivity contribution is 5.98. The zero-order valence-corrected chi connectivity index (χ0v) is 18.1. The number of aromatic nitrogens is 3. The topological polar surface area (TPSA) is 126 Å². The largest absolute Gasteiger partial charge is 0.478 e. The minimum atomic E-state index is -1.02. The van der Waals surface area contributed by atoms with Crippen molar-refractivity contribution in [1.29, 1.82) is 0 Å². The number of carboxylic acid groups (broad SMARTS) is 1. The molecule has 0 saturated heterocycles. The predicted molar refractivity (Wildman–Crippen MR) is 120 cm³/mol. The number of hydrogen-bond donors (Lipinski definition) is 3. The van der Waals surface area contributed by atoms with Crippen molar-refractivity contribution >= 4 is 23.4 Å². The fourth-order valence-corrected chi connectivity index (χ4v) is 3.41. The number of aromatic carboxylic acids is 1. The first-order valence-electron chi connectivity index (χ1n) is 10.3. The Morgan fingerprint density at radius 2 is 1.62 bits per heavy atom. The summed E-state index contributed by atoms with van der Waals surface area (Å²) < 4.78 is 14.4. The monoisotopic (exact) mass is 461 g/mol. The van der Waals surface area contributed by atoms with Crippen LogP contribution >= 0.6 is 0 Å². The van der Waals surface area contributed by atoms with Gasteiger partial charge < -0.3 is 15.7 Å². The first-order valence-corrected chi connectivity index (χ1v) is 10.3. The fraction of sp³-hybridized carbons (Fsp3) is 0.125. The van der Waals surface area contributed by atoms with Gasteiger partial charge >= 0.3 is 5.97 Å². The van der Waals surface area contributed by atoms with Crippen LogP contribution in [0, 0.1) is 12.7 Å². The normalized spacial score (nSPS) is 10.8. The van der Waals surface area contributed by atoms with Gasteiger partial charge in [0.15, 0.2) is 5.65 Å². The van der Waals surface area contributed by atoms with Crippen molar-refractivity contribution in [2.75, 3.05) is 0 Å². The number of halogens is 1. The molecule has 9 nitrogen and oxygen atoms in total. The van der Waals surface area contributed by atoms with E-state index in [1.807, 2.05) is 0 Å². The number of carbonyl (C=O) groups is 3.